The maximum atomic E-state index is 13.0. The van der Waals surface area contributed by atoms with Crippen LogP contribution in [0.1, 0.15) is 16.8 Å². The van der Waals surface area contributed by atoms with Crippen molar-refractivity contribution in [1.29, 1.82) is 0 Å². The molecule has 19 heavy (non-hydrogen) atoms. The van der Waals surface area contributed by atoms with Gasteiger partial charge in [-0.1, -0.05) is 0 Å². The molecule has 106 valence electrons. The highest BCUT2D eigenvalue weighted by Crippen LogP contribution is 2.13. The van der Waals surface area contributed by atoms with Crippen LogP contribution in [0.5, 0.6) is 0 Å². The van der Waals surface area contributed by atoms with Gasteiger partial charge >= 0.3 is 0 Å². The Kier molecular flexibility index (Phi) is 5.77. The van der Waals surface area contributed by atoms with Crippen molar-refractivity contribution in [3.05, 3.63) is 29.6 Å². The van der Waals surface area contributed by atoms with Crippen LogP contribution in [0.3, 0.4) is 0 Å². The van der Waals surface area contributed by atoms with Crippen LogP contribution in [0, 0.1) is 5.82 Å². The molecular weight excluding hydrogens is 291 g/mol. The molecule has 8 heteroatoms. The molecule has 0 spiro atoms. The van der Waals surface area contributed by atoms with Gasteiger partial charge in [-0.3, -0.25) is 4.79 Å². The molecule has 0 heterocycles. The molecule has 0 radical (unpaired) electrons. The van der Waals surface area contributed by atoms with Gasteiger partial charge in [0.25, 0.3) is 5.91 Å². The maximum Gasteiger partial charge on any atom is 0.251 e. The predicted molar refractivity (Wildman–Crippen MR) is 73.4 cm³/mol. The van der Waals surface area contributed by atoms with Crippen LogP contribution in [0.25, 0.3) is 0 Å². The Labute approximate surface area is 117 Å². The number of rotatable bonds is 6. The lowest BCUT2D eigenvalue weighted by Gasteiger charge is -2.06. The number of sulfonamides is 1. The first-order chi connectivity index (χ1) is 8.79. The highest BCUT2D eigenvalue weighted by Gasteiger charge is 2.07. The van der Waals surface area contributed by atoms with Crippen LogP contribution in [0.15, 0.2) is 23.1 Å². The van der Waals surface area contributed by atoms with E-state index < -0.39 is 15.8 Å². The highest BCUT2D eigenvalue weighted by molar-refractivity contribution is 7.88. The first-order valence-corrected chi connectivity index (χ1v) is 7.85. The van der Waals surface area contributed by atoms with E-state index in [0.717, 1.165) is 6.26 Å². The Hall–Kier alpha value is -1.12. The fourth-order valence-electron chi connectivity index (χ4n) is 1.30. The molecule has 0 atom stereocenters. The summed E-state index contributed by atoms with van der Waals surface area (Å²) in [5, 5.41) is 2.60. The zero-order valence-corrected chi connectivity index (χ0v) is 12.0. The normalized spacial score (nSPS) is 11.3. The Morgan fingerprint density at radius 1 is 1.37 bits per heavy atom. The second-order valence-corrected chi connectivity index (χ2v) is 6.26. The lowest BCUT2D eigenvalue weighted by Crippen LogP contribution is -2.29. The number of carbonyl (C=O) groups is 1. The molecule has 1 amide bonds. The topological polar surface area (TPSA) is 75.3 Å². The molecule has 0 fully saturated rings. The monoisotopic (exact) mass is 306 g/mol. The number of nitrogens with one attached hydrogen (secondary N) is 2. The molecular formula is C11H15FN2O3S2. The maximum absolute atomic E-state index is 13.0. The minimum absolute atomic E-state index is 0.103. The van der Waals surface area contributed by atoms with Gasteiger partial charge in [0.05, 0.1) is 6.26 Å². The summed E-state index contributed by atoms with van der Waals surface area (Å²) in [5.74, 6) is -0.841. The van der Waals surface area contributed by atoms with Crippen molar-refractivity contribution < 1.29 is 17.6 Å². The van der Waals surface area contributed by atoms with Gasteiger partial charge in [0.15, 0.2) is 0 Å². The van der Waals surface area contributed by atoms with Crippen molar-refractivity contribution in [2.24, 2.45) is 0 Å². The Bertz CT molecular complexity index is 561. The summed E-state index contributed by atoms with van der Waals surface area (Å²) < 4.78 is 36.8. The van der Waals surface area contributed by atoms with E-state index in [-0.39, 0.29) is 17.3 Å². The van der Waals surface area contributed by atoms with E-state index >= 15 is 0 Å². The number of halogens is 1. The number of hydrogen-bond donors (Lipinski definition) is 3. The van der Waals surface area contributed by atoms with Crippen LogP contribution in [0.2, 0.25) is 0 Å². The van der Waals surface area contributed by atoms with Gasteiger partial charge in [-0.25, -0.2) is 17.5 Å². The molecule has 0 aliphatic heterocycles. The lowest BCUT2D eigenvalue weighted by molar-refractivity contribution is 0.0953. The molecule has 0 aliphatic carbocycles. The molecule has 0 bridgehead atoms. The molecule has 0 aromatic heterocycles. The second-order valence-electron chi connectivity index (χ2n) is 3.94. The molecule has 0 aliphatic rings. The summed E-state index contributed by atoms with van der Waals surface area (Å²) in [7, 11) is -3.20. The van der Waals surface area contributed by atoms with Crippen LogP contribution in [-0.4, -0.2) is 33.7 Å². The van der Waals surface area contributed by atoms with E-state index in [1.54, 1.807) is 0 Å². The van der Waals surface area contributed by atoms with Gasteiger partial charge in [0.2, 0.25) is 10.0 Å². The van der Waals surface area contributed by atoms with E-state index in [1.807, 2.05) is 0 Å². The zero-order valence-electron chi connectivity index (χ0n) is 10.3. The van der Waals surface area contributed by atoms with E-state index in [9.17, 15) is 17.6 Å². The van der Waals surface area contributed by atoms with Gasteiger partial charge in [0.1, 0.15) is 5.82 Å². The summed E-state index contributed by atoms with van der Waals surface area (Å²) in [6.07, 6.45) is 1.53. The lowest BCUT2D eigenvalue weighted by atomic mass is 10.2. The van der Waals surface area contributed by atoms with Crippen molar-refractivity contribution in [1.82, 2.24) is 10.0 Å². The van der Waals surface area contributed by atoms with Crippen LogP contribution < -0.4 is 10.0 Å². The first-order valence-electron chi connectivity index (χ1n) is 5.51. The summed E-state index contributed by atoms with van der Waals surface area (Å²) in [6, 6.07) is 3.87. The van der Waals surface area contributed by atoms with Crippen LogP contribution in [0.4, 0.5) is 4.39 Å². The summed E-state index contributed by atoms with van der Waals surface area (Å²) in [5.41, 5.74) is 0.308. The fraction of sp³-hybridized carbons (Fsp3) is 0.364. The van der Waals surface area contributed by atoms with Gasteiger partial charge in [0, 0.05) is 23.5 Å². The molecule has 1 rings (SSSR count). The van der Waals surface area contributed by atoms with E-state index in [1.165, 1.54) is 18.2 Å². The van der Waals surface area contributed by atoms with Gasteiger partial charge in [-0.15, -0.1) is 12.6 Å². The van der Waals surface area contributed by atoms with Crippen LogP contribution in [-0.2, 0) is 10.0 Å². The minimum atomic E-state index is -3.20. The average molecular weight is 306 g/mol. The van der Waals surface area contributed by atoms with Crippen molar-refractivity contribution in [2.75, 3.05) is 19.3 Å². The molecule has 0 saturated carbocycles. The quantitative estimate of drug-likeness (QED) is 0.537. The Morgan fingerprint density at radius 2 is 2.05 bits per heavy atom. The van der Waals surface area contributed by atoms with Gasteiger partial charge < -0.3 is 5.32 Å². The van der Waals surface area contributed by atoms with Crippen molar-refractivity contribution >= 4 is 28.6 Å². The Morgan fingerprint density at radius 3 is 2.63 bits per heavy atom. The van der Waals surface area contributed by atoms with E-state index in [0.29, 0.717) is 18.5 Å². The number of amides is 1. The molecule has 1 aromatic carbocycles. The van der Waals surface area contributed by atoms with Crippen molar-refractivity contribution in [3.63, 3.8) is 0 Å². The van der Waals surface area contributed by atoms with Gasteiger partial charge in [-0.05, 0) is 24.6 Å². The van der Waals surface area contributed by atoms with Crippen molar-refractivity contribution in [2.45, 2.75) is 11.3 Å². The smallest absolute Gasteiger partial charge is 0.251 e. The first kappa shape index (κ1) is 15.9. The largest absolute Gasteiger partial charge is 0.352 e. The SMILES string of the molecule is CS(=O)(=O)NCCCNC(=O)c1ccc(F)c(S)c1. The highest BCUT2D eigenvalue weighted by atomic mass is 32.2. The van der Waals surface area contributed by atoms with E-state index in [4.69, 9.17) is 0 Å². The Balaban J connectivity index is 2.37. The zero-order chi connectivity index (χ0) is 14.5. The molecule has 1 aromatic rings. The molecule has 5 nitrogen and oxygen atoms in total. The molecule has 2 N–H and O–H groups in total. The summed E-state index contributed by atoms with van der Waals surface area (Å²) >= 11 is 3.89. The van der Waals surface area contributed by atoms with Crippen molar-refractivity contribution in [3.8, 4) is 0 Å². The number of thiol groups is 1. The second kappa shape index (κ2) is 6.88. The molecule has 0 saturated heterocycles. The number of hydrogen-bond acceptors (Lipinski definition) is 4. The standard InChI is InChI=1S/C11H15FN2O3S2/c1-19(16,17)14-6-2-5-13-11(15)8-3-4-9(12)10(18)7-8/h3-4,7,14,18H,2,5-6H2,1H3,(H,13,15). The summed E-state index contributed by atoms with van der Waals surface area (Å²) in [4.78, 5) is 11.8. The van der Waals surface area contributed by atoms with E-state index in [2.05, 4.69) is 22.7 Å². The average Bonchev–Trinajstić information content (AvgIpc) is 2.30. The fourth-order valence-corrected chi connectivity index (χ4v) is 2.03. The predicted octanol–water partition coefficient (Wildman–Crippen LogP) is 0.783. The molecule has 0 unspecified atom stereocenters. The number of benzene rings is 1. The minimum Gasteiger partial charge on any atom is -0.352 e. The number of carbonyl (C=O) groups excluding carboxylic acids is 1. The third-order valence-corrected chi connectivity index (χ3v) is 3.28. The summed E-state index contributed by atoms with van der Waals surface area (Å²) in [6.45, 7) is 0.570. The van der Waals surface area contributed by atoms with Gasteiger partial charge in [-0.2, -0.15) is 0 Å². The third-order valence-electron chi connectivity index (χ3n) is 2.21. The third kappa shape index (κ3) is 6.04. The van der Waals surface area contributed by atoms with Crippen LogP contribution >= 0.6 is 12.6 Å².